The quantitative estimate of drug-likeness (QED) is 0.597. The molecule has 0 bridgehead atoms. The number of nitrogens with one attached hydrogen (secondary N) is 1. The summed E-state index contributed by atoms with van der Waals surface area (Å²) < 4.78 is 46.3. The maximum absolute atomic E-state index is 14.3. The molecule has 0 spiro atoms. The SMILES string of the molecule is O=C(Nc1ccc(F)c(S(=O)(=O)N2CCOCC2)c1)c1csc(-c2cccc(Cl)c2)n1. The summed E-state index contributed by atoms with van der Waals surface area (Å²) in [6.45, 7) is 0.777. The molecule has 1 aliphatic heterocycles. The zero-order valence-corrected chi connectivity index (χ0v) is 18.4. The molecule has 11 heteroatoms. The van der Waals surface area contributed by atoms with E-state index in [1.807, 2.05) is 6.07 Å². The van der Waals surface area contributed by atoms with Gasteiger partial charge in [-0.3, -0.25) is 4.79 Å². The maximum atomic E-state index is 14.3. The van der Waals surface area contributed by atoms with E-state index in [2.05, 4.69) is 10.3 Å². The highest BCUT2D eigenvalue weighted by Crippen LogP contribution is 2.27. The number of carbonyl (C=O) groups excluding carboxylic acids is 1. The molecule has 3 aromatic rings. The van der Waals surface area contributed by atoms with Gasteiger partial charge in [0, 0.05) is 34.7 Å². The fourth-order valence-corrected chi connectivity index (χ4v) is 5.52. The molecule has 0 saturated carbocycles. The number of rotatable bonds is 5. The van der Waals surface area contributed by atoms with Crippen molar-refractivity contribution in [3.05, 3.63) is 64.4 Å². The molecular weight excluding hydrogens is 465 g/mol. The van der Waals surface area contributed by atoms with Gasteiger partial charge in [0.05, 0.1) is 13.2 Å². The maximum Gasteiger partial charge on any atom is 0.275 e. The predicted octanol–water partition coefficient (Wildman–Crippen LogP) is 3.88. The van der Waals surface area contributed by atoms with Crippen LogP contribution in [0.25, 0.3) is 10.6 Å². The lowest BCUT2D eigenvalue weighted by molar-refractivity contribution is 0.0729. The molecule has 2 heterocycles. The number of ether oxygens (including phenoxy) is 1. The van der Waals surface area contributed by atoms with Crippen LogP contribution in [0.3, 0.4) is 0 Å². The van der Waals surface area contributed by atoms with Gasteiger partial charge in [0.15, 0.2) is 0 Å². The first-order valence-corrected chi connectivity index (χ1v) is 11.9. The van der Waals surface area contributed by atoms with Gasteiger partial charge < -0.3 is 10.1 Å². The normalized spacial score (nSPS) is 15.0. The molecule has 4 rings (SSSR count). The Kier molecular flexibility index (Phi) is 6.35. The van der Waals surface area contributed by atoms with E-state index in [1.165, 1.54) is 17.4 Å². The fraction of sp³-hybridized carbons (Fsp3) is 0.200. The summed E-state index contributed by atoms with van der Waals surface area (Å²) in [6.07, 6.45) is 0. The Balaban J connectivity index is 1.55. The Morgan fingerprint density at radius 1 is 1.19 bits per heavy atom. The number of nitrogens with zero attached hydrogens (tertiary/aromatic N) is 2. The summed E-state index contributed by atoms with van der Waals surface area (Å²) in [4.78, 5) is 16.4. The molecule has 1 N–H and O–H groups in total. The van der Waals surface area contributed by atoms with E-state index in [4.69, 9.17) is 16.3 Å². The Labute approximate surface area is 187 Å². The zero-order chi connectivity index (χ0) is 22.0. The number of hydrogen-bond acceptors (Lipinski definition) is 6. The molecule has 0 unspecified atom stereocenters. The first kappa shape index (κ1) is 21.8. The Morgan fingerprint density at radius 3 is 2.71 bits per heavy atom. The van der Waals surface area contributed by atoms with Crippen LogP contribution in [-0.2, 0) is 14.8 Å². The number of amides is 1. The van der Waals surface area contributed by atoms with Crippen molar-refractivity contribution in [2.75, 3.05) is 31.6 Å². The van der Waals surface area contributed by atoms with Crippen LogP contribution in [-0.4, -0.2) is 49.9 Å². The molecular formula is C20H17ClFN3O4S2. The number of benzene rings is 2. The van der Waals surface area contributed by atoms with Crippen molar-refractivity contribution in [2.24, 2.45) is 0 Å². The Hall–Kier alpha value is -2.37. The van der Waals surface area contributed by atoms with Gasteiger partial charge in [-0.2, -0.15) is 4.31 Å². The van der Waals surface area contributed by atoms with Crippen LogP contribution >= 0.6 is 22.9 Å². The number of aromatic nitrogens is 1. The molecule has 2 aromatic carbocycles. The van der Waals surface area contributed by atoms with E-state index in [0.29, 0.717) is 10.0 Å². The summed E-state index contributed by atoms with van der Waals surface area (Å²) >= 11 is 7.27. The van der Waals surface area contributed by atoms with Crippen LogP contribution in [0.15, 0.2) is 52.7 Å². The lowest BCUT2D eigenvalue weighted by Gasteiger charge is -2.26. The number of morpholine rings is 1. The first-order valence-electron chi connectivity index (χ1n) is 9.25. The molecule has 1 fully saturated rings. The number of halogens is 2. The minimum absolute atomic E-state index is 0.142. The number of hydrogen-bond donors (Lipinski definition) is 1. The fourth-order valence-electron chi connectivity index (χ4n) is 3.03. The molecule has 1 saturated heterocycles. The third-order valence-electron chi connectivity index (χ3n) is 4.59. The molecule has 0 aliphatic carbocycles. The largest absolute Gasteiger partial charge is 0.379 e. The second kappa shape index (κ2) is 9.01. The van der Waals surface area contributed by atoms with Gasteiger partial charge in [0.2, 0.25) is 10.0 Å². The van der Waals surface area contributed by atoms with Crippen molar-refractivity contribution in [3.8, 4) is 10.6 Å². The van der Waals surface area contributed by atoms with Gasteiger partial charge in [0.1, 0.15) is 21.4 Å². The van der Waals surface area contributed by atoms with Crippen LogP contribution in [0, 0.1) is 5.82 Å². The van der Waals surface area contributed by atoms with Crippen molar-refractivity contribution >= 4 is 44.6 Å². The van der Waals surface area contributed by atoms with Gasteiger partial charge in [-0.15, -0.1) is 11.3 Å². The van der Waals surface area contributed by atoms with Crippen molar-refractivity contribution < 1.29 is 22.3 Å². The molecule has 0 atom stereocenters. The topological polar surface area (TPSA) is 88.6 Å². The Morgan fingerprint density at radius 2 is 1.97 bits per heavy atom. The minimum Gasteiger partial charge on any atom is -0.379 e. The van der Waals surface area contributed by atoms with Crippen molar-refractivity contribution in [1.82, 2.24) is 9.29 Å². The van der Waals surface area contributed by atoms with Crippen molar-refractivity contribution in [2.45, 2.75) is 4.90 Å². The Bertz CT molecular complexity index is 1230. The third kappa shape index (κ3) is 4.78. The van der Waals surface area contributed by atoms with Gasteiger partial charge >= 0.3 is 0 Å². The van der Waals surface area contributed by atoms with Crippen LogP contribution in [0.4, 0.5) is 10.1 Å². The lowest BCUT2D eigenvalue weighted by Crippen LogP contribution is -2.40. The average Bonchev–Trinajstić information content (AvgIpc) is 3.26. The van der Waals surface area contributed by atoms with Crippen molar-refractivity contribution in [3.63, 3.8) is 0 Å². The molecule has 7 nitrogen and oxygen atoms in total. The van der Waals surface area contributed by atoms with Crippen molar-refractivity contribution in [1.29, 1.82) is 0 Å². The van der Waals surface area contributed by atoms with E-state index in [-0.39, 0.29) is 37.7 Å². The summed E-state index contributed by atoms with van der Waals surface area (Å²) in [6, 6.07) is 10.5. The van der Waals surface area contributed by atoms with E-state index >= 15 is 0 Å². The third-order valence-corrected chi connectivity index (χ3v) is 7.63. The van der Waals surface area contributed by atoms with E-state index in [0.717, 1.165) is 22.0 Å². The second-order valence-electron chi connectivity index (χ2n) is 6.66. The lowest BCUT2D eigenvalue weighted by atomic mass is 10.2. The molecule has 1 aromatic heterocycles. The van der Waals surface area contributed by atoms with Gasteiger partial charge in [-0.05, 0) is 30.3 Å². The second-order valence-corrected chi connectivity index (χ2v) is 9.86. The monoisotopic (exact) mass is 481 g/mol. The van der Waals surface area contributed by atoms with Gasteiger partial charge in [0.25, 0.3) is 5.91 Å². The summed E-state index contributed by atoms with van der Waals surface area (Å²) in [7, 11) is -4.05. The van der Waals surface area contributed by atoms with E-state index in [9.17, 15) is 17.6 Å². The molecule has 1 amide bonds. The van der Waals surface area contributed by atoms with Crippen LogP contribution in [0.2, 0.25) is 5.02 Å². The van der Waals surface area contributed by atoms with Gasteiger partial charge in [-0.1, -0.05) is 23.7 Å². The summed E-state index contributed by atoms with van der Waals surface area (Å²) in [5, 5.41) is 5.33. The molecule has 162 valence electrons. The highest BCUT2D eigenvalue weighted by atomic mass is 35.5. The summed E-state index contributed by atoms with van der Waals surface area (Å²) in [5.41, 5.74) is 1.08. The molecule has 1 aliphatic rings. The zero-order valence-electron chi connectivity index (χ0n) is 16.0. The highest BCUT2D eigenvalue weighted by molar-refractivity contribution is 7.89. The number of carbonyl (C=O) groups is 1. The molecule has 31 heavy (non-hydrogen) atoms. The van der Waals surface area contributed by atoms with Crippen LogP contribution in [0.5, 0.6) is 0 Å². The summed E-state index contributed by atoms with van der Waals surface area (Å²) in [5.74, 6) is -1.42. The van der Waals surface area contributed by atoms with Crippen LogP contribution in [0.1, 0.15) is 10.5 Å². The van der Waals surface area contributed by atoms with Crippen LogP contribution < -0.4 is 5.32 Å². The number of sulfonamides is 1. The molecule has 0 radical (unpaired) electrons. The predicted molar refractivity (Wildman–Crippen MR) is 116 cm³/mol. The van der Waals surface area contributed by atoms with E-state index in [1.54, 1.807) is 23.6 Å². The smallest absolute Gasteiger partial charge is 0.275 e. The van der Waals surface area contributed by atoms with E-state index < -0.39 is 26.6 Å². The first-order chi connectivity index (χ1) is 14.8. The standard InChI is InChI=1S/C20H17ClFN3O4S2/c21-14-3-1-2-13(10-14)20-24-17(12-30-20)19(26)23-15-4-5-16(22)18(11-15)31(27,28)25-6-8-29-9-7-25/h1-5,10-12H,6-9H2,(H,23,26). The average molecular weight is 482 g/mol. The highest BCUT2D eigenvalue weighted by Gasteiger charge is 2.29. The number of anilines is 1. The number of thiazole rings is 1. The van der Waals surface area contributed by atoms with Gasteiger partial charge in [-0.25, -0.2) is 17.8 Å². The minimum atomic E-state index is -4.05.